The zero-order chi connectivity index (χ0) is 13.4. The second-order valence-corrected chi connectivity index (χ2v) is 6.61. The summed E-state index contributed by atoms with van der Waals surface area (Å²) in [6, 6.07) is 3.23. The summed E-state index contributed by atoms with van der Waals surface area (Å²) in [4.78, 5) is 2.60. The highest BCUT2D eigenvalue weighted by Crippen LogP contribution is 2.30. The van der Waals surface area contributed by atoms with Crippen molar-refractivity contribution in [3.05, 3.63) is 23.5 Å². The molecule has 1 saturated heterocycles. The minimum atomic E-state index is 0.278. The topological polar surface area (TPSA) is 34.2 Å². The van der Waals surface area contributed by atoms with E-state index in [1.165, 1.54) is 50.2 Å². The first-order chi connectivity index (χ1) is 9.15. The van der Waals surface area contributed by atoms with Crippen molar-refractivity contribution in [2.75, 3.05) is 13.1 Å². The third kappa shape index (κ3) is 2.59. The molecule has 3 heteroatoms. The fraction of sp³-hybridized carbons (Fsp3) is 0.750. The molecule has 3 nitrogen and oxygen atoms in total. The SMILES string of the molecule is CC(C)N1CCC(Cn2ccc3c2CCCC3N)C1. The molecule has 1 aromatic rings. The molecule has 106 valence electrons. The van der Waals surface area contributed by atoms with Crippen LogP contribution in [-0.2, 0) is 13.0 Å². The summed E-state index contributed by atoms with van der Waals surface area (Å²) >= 11 is 0. The van der Waals surface area contributed by atoms with Gasteiger partial charge in [-0.3, -0.25) is 0 Å². The largest absolute Gasteiger partial charge is 0.351 e. The second kappa shape index (κ2) is 5.29. The highest BCUT2D eigenvalue weighted by Gasteiger charge is 2.26. The van der Waals surface area contributed by atoms with Crippen molar-refractivity contribution in [2.24, 2.45) is 11.7 Å². The molecule has 2 heterocycles. The Morgan fingerprint density at radius 1 is 1.37 bits per heavy atom. The number of likely N-dealkylation sites (tertiary alicyclic amines) is 1. The molecule has 0 saturated carbocycles. The summed E-state index contributed by atoms with van der Waals surface area (Å²) in [5, 5.41) is 0. The van der Waals surface area contributed by atoms with E-state index < -0.39 is 0 Å². The molecule has 0 amide bonds. The van der Waals surface area contributed by atoms with Gasteiger partial charge in [0.25, 0.3) is 0 Å². The molecule has 3 rings (SSSR count). The molecule has 1 aliphatic carbocycles. The number of nitrogens with two attached hydrogens (primary N) is 1. The van der Waals surface area contributed by atoms with Gasteiger partial charge >= 0.3 is 0 Å². The van der Waals surface area contributed by atoms with Crippen molar-refractivity contribution in [3.63, 3.8) is 0 Å². The van der Waals surface area contributed by atoms with E-state index >= 15 is 0 Å². The minimum absolute atomic E-state index is 0.278. The lowest BCUT2D eigenvalue weighted by Crippen LogP contribution is -2.29. The van der Waals surface area contributed by atoms with Crippen molar-refractivity contribution in [2.45, 2.75) is 58.2 Å². The molecule has 1 aliphatic heterocycles. The number of hydrogen-bond donors (Lipinski definition) is 1. The van der Waals surface area contributed by atoms with E-state index in [0.29, 0.717) is 6.04 Å². The van der Waals surface area contributed by atoms with E-state index in [1.807, 2.05) is 0 Å². The van der Waals surface area contributed by atoms with Crippen LogP contribution in [0, 0.1) is 5.92 Å². The van der Waals surface area contributed by atoms with E-state index in [4.69, 9.17) is 5.73 Å². The summed E-state index contributed by atoms with van der Waals surface area (Å²) in [6.45, 7) is 8.32. The minimum Gasteiger partial charge on any atom is -0.351 e. The van der Waals surface area contributed by atoms with E-state index in [0.717, 1.165) is 12.3 Å². The first-order valence-corrected chi connectivity index (χ1v) is 7.82. The van der Waals surface area contributed by atoms with Gasteiger partial charge in [0.1, 0.15) is 0 Å². The second-order valence-electron chi connectivity index (χ2n) is 6.61. The zero-order valence-electron chi connectivity index (χ0n) is 12.3. The molecule has 0 bridgehead atoms. The lowest BCUT2D eigenvalue weighted by molar-refractivity contribution is 0.260. The van der Waals surface area contributed by atoms with Crippen molar-refractivity contribution in [1.82, 2.24) is 9.47 Å². The maximum Gasteiger partial charge on any atom is 0.0312 e. The molecule has 2 atom stereocenters. The van der Waals surface area contributed by atoms with Crippen molar-refractivity contribution in [3.8, 4) is 0 Å². The summed E-state index contributed by atoms with van der Waals surface area (Å²) in [6.07, 6.45) is 7.24. The van der Waals surface area contributed by atoms with Crippen LogP contribution >= 0.6 is 0 Å². The first kappa shape index (κ1) is 13.2. The Morgan fingerprint density at radius 2 is 2.21 bits per heavy atom. The molecule has 2 N–H and O–H groups in total. The molecule has 0 radical (unpaired) electrons. The van der Waals surface area contributed by atoms with Crippen LogP contribution in [0.3, 0.4) is 0 Å². The Labute approximate surface area is 116 Å². The van der Waals surface area contributed by atoms with E-state index in [-0.39, 0.29) is 6.04 Å². The Kier molecular flexibility index (Phi) is 3.68. The van der Waals surface area contributed by atoms with Gasteiger partial charge in [-0.2, -0.15) is 0 Å². The van der Waals surface area contributed by atoms with Gasteiger partial charge in [-0.1, -0.05) is 0 Å². The smallest absolute Gasteiger partial charge is 0.0312 e. The third-order valence-corrected chi connectivity index (χ3v) is 4.94. The van der Waals surface area contributed by atoms with E-state index in [1.54, 1.807) is 0 Å². The van der Waals surface area contributed by atoms with Crippen LogP contribution in [0.15, 0.2) is 12.3 Å². The van der Waals surface area contributed by atoms with Crippen molar-refractivity contribution >= 4 is 0 Å². The van der Waals surface area contributed by atoms with Gasteiger partial charge in [-0.25, -0.2) is 0 Å². The van der Waals surface area contributed by atoms with Gasteiger partial charge in [0.2, 0.25) is 0 Å². The molecule has 2 unspecified atom stereocenters. The Hall–Kier alpha value is -0.800. The lowest BCUT2D eigenvalue weighted by atomic mass is 9.93. The summed E-state index contributed by atoms with van der Waals surface area (Å²) < 4.78 is 2.49. The zero-order valence-corrected chi connectivity index (χ0v) is 12.3. The standard InChI is InChI=1S/C16H27N3/c1-12(2)18-8-6-13(10-18)11-19-9-7-14-15(17)4-3-5-16(14)19/h7,9,12-13,15H,3-6,8,10-11,17H2,1-2H3. The Balaban J connectivity index is 1.68. The van der Waals surface area contributed by atoms with Crippen LogP contribution in [0.1, 0.15) is 50.4 Å². The van der Waals surface area contributed by atoms with E-state index in [9.17, 15) is 0 Å². The predicted octanol–water partition coefficient (Wildman–Crippen LogP) is 2.55. The van der Waals surface area contributed by atoms with Gasteiger partial charge in [0, 0.05) is 37.1 Å². The molecular formula is C16H27N3. The van der Waals surface area contributed by atoms with Crippen molar-refractivity contribution < 1.29 is 0 Å². The number of aromatic nitrogens is 1. The lowest BCUT2D eigenvalue weighted by Gasteiger charge is -2.23. The van der Waals surface area contributed by atoms with Gasteiger partial charge in [-0.15, -0.1) is 0 Å². The van der Waals surface area contributed by atoms with Crippen LogP contribution in [-0.4, -0.2) is 28.6 Å². The number of hydrogen-bond acceptors (Lipinski definition) is 2. The fourth-order valence-corrected chi connectivity index (χ4v) is 3.72. The van der Waals surface area contributed by atoms with Gasteiger partial charge < -0.3 is 15.2 Å². The molecule has 0 spiro atoms. The number of nitrogens with zero attached hydrogens (tertiary/aromatic N) is 2. The molecule has 1 fully saturated rings. The van der Waals surface area contributed by atoms with Crippen molar-refractivity contribution in [1.29, 1.82) is 0 Å². The monoisotopic (exact) mass is 261 g/mol. The molecule has 2 aliphatic rings. The van der Waals surface area contributed by atoms with E-state index in [2.05, 4.69) is 35.6 Å². The quantitative estimate of drug-likeness (QED) is 0.907. The average molecular weight is 261 g/mol. The third-order valence-electron chi connectivity index (χ3n) is 4.94. The van der Waals surface area contributed by atoms with Crippen LogP contribution < -0.4 is 5.73 Å². The highest BCUT2D eigenvalue weighted by atomic mass is 15.2. The fourth-order valence-electron chi connectivity index (χ4n) is 3.72. The Morgan fingerprint density at radius 3 is 2.95 bits per heavy atom. The van der Waals surface area contributed by atoms with Crippen LogP contribution in [0.5, 0.6) is 0 Å². The van der Waals surface area contributed by atoms with Crippen LogP contribution in [0.25, 0.3) is 0 Å². The number of fused-ring (bicyclic) bond motifs is 1. The first-order valence-electron chi connectivity index (χ1n) is 7.82. The molecular weight excluding hydrogens is 234 g/mol. The summed E-state index contributed by atoms with van der Waals surface area (Å²) in [5.74, 6) is 0.817. The Bertz CT molecular complexity index is 435. The van der Waals surface area contributed by atoms with Gasteiger partial charge in [0.15, 0.2) is 0 Å². The molecule has 0 aromatic carbocycles. The predicted molar refractivity (Wildman–Crippen MR) is 79.1 cm³/mol. The molecule has 19 heavy (non-hydrogen) atoms. The maximum absolute atomic E-state index is 6.21. The van der Waals surface area contributed by atoms with Gasteiger partial charge in [0.05, 0.1) is 0 Å². The maximum atomic E-state index is 6.21. The highest BCUT2D eigenvalue weighted by molar-refractivity contribution is 5.28. The normalized spacial score (nSPS) is 28.0. The summed E-state index contributed by atoms with van der Waals surface area (Å²) in [5.41, 5.74) is 9.13. The average Bonchev–Trinajstić information content (AvgIpc) is 2.98. The molecule has 1 aromatic heterocycles. The summed E-state index contributed by atoms with van der Waals surface area (Å²) in [7, 11) is 0. The van der Waals surface area contributed by atoms with Crippen LogP contribution in [0.2, 0.25) is 0 Å². The van der Waals surface area contributed by atoms with Gasteiger partial charge in [-0.05, 0) is 63.6 Å². The van der Waals surface area contributed by atoms with Crippen LogP contribution in [0.4, 0.5) is 0 Å². The number of rotatable bonds is 3.